The minimum absolute atomic E-state index is 0.0192. The zero-order valence-corrected chi connectivity index (χ0v) is 19.7. The number of rotatable bonds is 3. The van der Waals surface area contributed by atoms with Crippen LogP contribution in [-0.4, -0.2) is 33.3 Å². The highest BCUT2D eigenvalue weighted by molar-refractivity contribution is 6.07. The van der Waals surface area contributed by atoms with Crippen LogP contribution in [0.3, 0.4) is 0 Å². The van der Waals surface area contributed by atoms with Crippen molar-refractivity contribution in [3.63, 3.8) is 0 Å². The number of halogens is 1. The van der Waals surface area contributed by atoms with Crippen LogP contribution in [0.15, 0.2) is 67.1 Å². The summed E-state index contributed by atoms with van der Waals surface area (Å²) in [6.45, 7) is 0.475. The molecule has 1 spiro atoms. The van der Waals surface area contributed by atoms with Crippen molar-refractivity contribution in [3.05, 3.63) is 101 Å². The summed E-state index contributed by atoms with van der Waals surface area (Å²) in [6.07, 6.45) is 4.90. The van der Waals surface area contributed by atoms with Crippen molar-refractivity contribution in [2.75, 3.05) is 22.1 Å². The minimum Gasteiger partial charge on any atom is -0.340 e. The van der Waals surface area contributed by atoms with Crippen molar-refractivity contribution in [1.82, 2.24) is 15.0 Å². The molecule has 1 atom stereocenters. The van der Waals surface area contributed by atoms with Gasteiger partial charge in [0.1, 0.15) is 29.5 Å². The van der Waals surface area contributed by atoms with E-state index in [2.05, 4.69) is 25.6 Å². The number of carbonyl (C=O) groups excluding carboxylic acids is 2. The first-order valence-corrected chi connectivity index (χ1v) is 12.1. The second-order valence-corrected chi connectivity index (χ2v) is 9.67. The Labute approximate surface area is 211 Å². The maximum absolute atomic E-state index is 13.8. The molecule has 2 aromatic carbocycles. The van der Waals surface area contributed by atoms with E-state index in [1.165, 1.54) is 18.5 Å². The van der Waals surface area contributed by atoms with Gasteiger partial charge >= 0.3 is 0 Å². The zero-order valence-electron chi connectivity index (χ0n) is 19.7. The van der Waals surface area contributed by atoms with Crippen LogP contribution in [0.1, 0.15) is 32.7 Å². The number of hydrogen-bond acceptors (Lipinski definition) is 6. The van der Waals surface area contributed by atoms with Crippen molar-refractivity contribution < 1.29 is 14.0 Å². The molecule has 2 aliphatic heterocycles. The summed E-state index contributed by atoms with van der Waals surface area (Å²) in [6, 6.07) is 15.9. The molecule has 0 radical (unpaired) electrons. The summed E-state index contributed by atoms with van der Waals surface area (Å²) in [4.78, 5) is 40.5. The van der Waals surface area contributed by atoms with Crippen LogP contribution in [0.2, 0.25) is 0 Å². The number of anilines is 4. The summed E-state index contributed by atoms with van der Waals surface area (Å²) in [5.74, 6) is 0.411. The average molecular weight is 493 g/mol. The quantitative estimate of drug-likeness (QED) is 0.449. The predicted octanol–water partition coefficient (Wildman–Crippen LogP) is 3.95. The summed E-state index contributed by atoms with van der Waals surface area (Å²) >= 11 is 0. The Morgan fingerprint density at radius 3 is 2.78 bits per heavy atom. The zero-order chi connectivity index (χ0) is 25.1. The summed E-state index contributed by atoms with van der Waals surface area (Å²) in [5.41, 5.74) is 5.05. The molecule has 1 unspecified atom stereocenters. The Bertz CT molecular complexity index is 1620. The molecule has 2 aromatic heterocycles. The molecule has 4 heterocycles. The normalized spacial score (nSPS) is 18.9. The Balaban J connectivity index is 1.13. The molecule has 2 amide bonds. The average Bonchev–Trinajstić information content (AvgIpc) is 3.57. The Hall–Kier alpha value is -4.66. The van der Waals surface area contributed by atoms with Gasteiger partial charge in [0, 0.05) is 30.1 Å². The summed E-state index contributed by atoms with van der Waals surface area (Å²) in [5, 5.41) is 6.19. The van der Waals surface area contributed by atoms with Gasteiger partial charge in [0.05, 0.1) is 11.1 Å². The highest BCUT2D eigenvalue weighted by Crippen LogP contribution is 2.47. The van der Waals surface area contributed by atoms with Gasteiger partial charge in [-0.1, -0.05) is 18.2 Å². The van der Waals surface area contributed by atoms with Gasteiger partial charge in [-0.15, -0.1) is 0 Å². The van der Waals surface area contributed by atoms with Crippen molar-refractivity contribution in [3.8, 4) is 0 Å². The first-order valence-electron chi connectivity index (χ1n) is 12.1. The summed E-state index contributed by atoms with van der Waals surface area (Å²) in [7, 11) is 0. The van der Waals surface area contributed by atoms with Gasteiger partial charge in [0.15, 0.2) is 0 Å². The Kier molecular flexibility index (Phi) is 4.63. The van der Waals surface area contributed by atoms with Gasteiger partial charge in [0.2, 0.25) is 5.91 Å². The van der Waals surface area contributed by atoms with Crippen LogP contribution >= 0.6 is 0 Å². The first kappa shape index (κ1) is 21.6. The number of fused-ring (bicyclic) bond motifs is 4. The van der Waals surface area contributed by atoms with Gasteiger partial charge in [0.25, 0.3) is 5.91 Å². The SMILES string of the molecule is O=C(c1cc(Nc2ccc3c(c2)CC2(C3)C(=O)Nc3ncccc32)ncn1)N1CCc2ccc(F)cc21. The van der Waals surface area contributed by atoms with Crippen molar-refractivity contribution in [2.45, 2.75) is 24.7 Å². The number of pyridine rings is 1. The molecule has 3 aliphatic rings. The minimum atomic E-state index is -0.634. The maximum atomic E-state index is 13.8. The van der Waals surface area contributed by atoms with Crippen molar-refractivity contribution in [2.24, 2.45) is 0 Å². The molecule has 9 heteroatoms. The predicted molar refractivity (Wildman–Crippen MR) is 135 cm³/mol. The van der Waals surface area contributed by atoms with Crippen molar-refractivity contribution >= 4 is 34.8 Å². The number of carbonyl (C=O) groups is 2. The van der Waals surface area contributed by atoms with Crippen LogP contribution in [0.4, 0.5) is 27.4 Å². The van der Waals surface area contributed by atoms with Crippen LogP contribution in [0.5, 0.6) is 0 Å². The smallest absolute Gasteiger partial charge is 0.277 e. The molecule has 182 valence electrons. The molecule has 7 rings (SSSR count). The standard InChI is InChI=1S/C28H21FN6O2/c29-19-5-3-16-7-9-35(23(16)11-19)26(36)22-12-24(32-15-31-22)33-20-6-4-17-13-28(14-18(17)10-20)21-2-1-8-30-25(21)34-27(28)37/h1-6,8,10-12,15H,7,9,13-14H2,(H,30,34,37)(H,31,32,33). The molecule has 2 N–H and O–H groups in total. The van der Waals surface area contributed by atoms with E-state index in [1.54, 1.807) is 23.2 Å². The highest BCUT2D eigenvalue weighted by Gasteiger charge is 2.51. The number of nitrogens with one attached hydrogen (secondary N) is 2. The fourth-order valence-corrected chi connectivity index (χ4v) is 5.74. The molecule has 0 saturated carbocycles. The fraction of sp³-hybridized carbons (Fsp3) is 0.179. The molecule has 4 aromatic rings. The Morgan fingerprint density at radius 2 is 1.86 bits per heavy atom. The molecule has 1 aliphatic carbocycles. The number of benzene rings is 2. The summed E-state index contributed by atoms with van der Waals surface area (Å²) < 4.78 is 13.8. The van der Waals surface area contributed by atoms with E-state index in [-0.39, 0.29) is 23.3 Å². The molecule has 8 nitrogen and oxygen atoms in total. The van der Waals surface area contributed by atoms with E-state index in [0.717, 1.165) is 27.9 Å². The number of nitrogens with zero attached hydrogens (tertiary/aromatic N) is 4. The third-order valence-electron chi connectivity index (χ3n) is 7.53. The van der Waals surface area contributed by atoms with Gasteiger partial charge in [-0.3, -0.25) is 9.59 Å². The van der Waals surface area contributed by atoms with Crippen LogP contribution in [0.25, 0.3) is 0 Å². The van der Waals surface area contributed by atoms with Gasteiger partial charge in [-0.05, 0) is 66.3 Å². The maximum Gasteiger partial charge on any atom is 0.277 e. The van der Waals surface area contributed by atoms with Gasteiger partial charge in [-0.2, -0.15) is 0 Å². The van der Waals surface area contributed by atoms with E-state index in [9.17, 15) is 14.0 Å². The number of amides is 2. The van der Waals surface area contributed by atoms with E-state index < -0.39 is 5.41 Å². The lowest BCUT2D eigenvalue weighted by Gasteiger charge is -2.20. The lowest BCUT2D eigenvalue weighted by atomic mass is 9.79. The number of hydrogen-bond donors (Lipinski definition) is 2. The van der Waals surface area contributed by atoms with Crippen LogP contribution in [0, 0.1) is 5.82 Å². The Morgan fingerprint density at radius 1 is 1.00 bits per heavy atom. The van der Waals surface area contributed by atoms with E-state index in [0.29, 0.717) is 43.1 Å². The first-order chi connectivity index (χ1) is 18.0. The second kappa shape index (κ2) is 7.92. The molecular weight excluding hydrogens is 471 g/mol. The molecule has 0 fully saturated rings. The van der Waals surface area contributed by atoms with E-state index >= 15 is 0 Å². The molecule has 37 heavy (non-hydrogen) atoms. The lowest BCUT2D eigenvalue weighted by Crippen LogP contribution is -2.35. The molecule has 0 saturated heterocycles. The monoisotopic (exact) mass is 492 g/mol. The third-order valence-corrected chi connectivity index (χ3v) is 7.53. The van der Waals surface area contributed by atoms with Crippen LogP contribution < -0.4 is 15.5 Å². The van der Waals surface area contributed by atoms with Gasteiger partial charge in [-0.25, -0.2) is 19.3 Å². The third kappa shape index (κ3) is 3.38. The van der Waals surface area contributed by atoms with Gasteiger partial charge < -0.3 is 15.5 Å². The second-order valence-electron chi connectivity index (χ2n) is 9.67. The number of aromatic nitrogens is 3. The largest absolute Gasteiger partial charge is 0.340 e. The van der Waals surface area contributed by atoms with E-state index in [4.69, 9.17) is 0 Å². The molecular formula is C28H21FN6O2. The van der Waals surface area contributed by atoms with E-state index in [1.807, 2.05) is 30.3 Å². The fourth-order valence-electron chi connectivity index (χ4n) is 5.74. The van der Waals surface area contributed by atoms with Crippen molar-refractivity contribution in [1.29, 1.82) is 0 Å². The highest BCUT2D eigenvalue weighted by atomic mass is 19.1. The molecule has 0 bridgehead atoms. The van der Waals surface area contributed by atoms with Crippen LogP contribution in [-0.2, 0) is 29.5 Å². The topological polar surface area (TPSA) is 100 Å². The lowest BCUT2D eigenvalue weighted by molar-refractivity contribution is -0.120.